The molecule has 1 N–H and O–H groups in total. The Hall–Kier alpha value is -3.10. The van der Waals surface area contributed by atoms with Gasteiger partial charge in [0.05, 0.1) is 12.0 Å². The summed E-state index contributed by atoms with van der Waals surface area (Å²) in [4.78, 5) is 25.6. The van der Waals surface area contributed by atoms with E-state index in [0.29, 0.717) is 28.6 Å². The van der Waals surface area contributed by atoms with Crippen LogP contribution in [0.5, 0.6) is 11.5 Å². The highest BCUT2D eigenvalue weighted by Gasteiger charge is 2.33. The van der Waals surface area contributed by atoms with Crippen molar-refractivity contribution in [3.63, 3.8) is 0 Å². The molecular formula is C21H18N2O4S2. The van der Waals surface area contributed by atoms with Gasteiger partial charge in [-0.05, 0) is 60.3 Å². The quantitative estimate of drug-likeness (QED) is 0.413. The van der Waals surface area contributed by atoms with Crippen molar-refractivity contribution in [3.8, 4) is 11.5 Å². The number of rotatable bonds is 7. The molecule has 2 aromatic carbocycles. The standard InChI is InChI=1S/C21H18N2O4S2/c1-3-11-27-17-6-4-5-14(12-17)13-18-20(25)23(21(28)29-18)22-19(24)15-7-9-16(26-2)10-8-15/h3-10,12-13H,1,11H2,2H3,(H,22,24). The third-order valence-corrected chi connectivity index (χ3v) is 5.19. The number of carbonyl (C=O) groups excluding carboxylic acids is 2. The lowest BCUT2D eigenvalue weighted by atomic mass is 10.2. The second-order valence-corrected chi connectivity index (χ2v) is 7.53. The van der Waals surface area contributed by atoms with E-state index in [1.54, 1.807) is 43.5 Å². The molecule has 148 valence electrons. The Morgan fingerprint density at radius 2 is 2.00 bits per heavy atom. The zero-order valence-electron chi connectivity index (χ0n) is 15.6. The van der Waals surface area contributed by atoms with Gasteiger partial charge in [0.2, 0.25) is 0 Å². The SMILES string of the molecule is C=CCOc1cccc(C=C2SC(=S)N(NC(=O)c3ccc(OC)cc3)C2=O)c1. The van der Waals surface area contributed by atoms with Crippen LogP contribution in [0, 0.1) is 0 Å². The monoisotopic (exact) mass is 426 g/mol. The summed E-state index contributed by atoms with van der Waals surface area (Å²) in [5.41, 5.74) is 3.72. The lowest BCUT2D eigenvalue weighted by Gasteiger charge is -2.15. The second kappa shape index (κ2) is 9.40. The molecule has 0 aromatic heterocycles. The van der Waals surface area contributed by atoms with Crippen LogP contribution in [0.4, 0.5) is 0 Å². The first-order valence-electron chi connectivity index (χ1n) is 8.58. The van der Waals surface area contributed by atoms with E-state index >= 15 is 0 Å². The van der Waals surface area contributed by atoms with Crippen LogP contribution in [0.2, 0.25) is 0 Å². The van der Waals surface area contributed by atoms with Crippen LogP contribution < -0.4 is 14.9 Å². The van der Waals surface area contributed by atoms with Crippen LogP contribution >= 0.6 is 24.0 Å². The van der Waals surface area contributed by atoms with Crippen molar-refractivity contribution >= 4 is 46.2 Å². The number of thioether (sulfide) groups is 1. The third-order valence-electron chi connectivity index (χ3n) is 3.88. The van der Waals surface area contributed by atoms with Gasteiger partial charge in [0, 0.05) is 5.56 Å². The van der Waals surface area contributed by atoms with Gasteiger partial charge in [-0.25, -0.2) is 0 Å². The number of amides is 2. The smallest absolute Gasteiger partial charge is 0.285 e. The number of benzene rings is 2. The number of hydrazine groups is 1. The van der Waals surface area contributed by atoms with E-state index < -0.39 is 5.91 Å². The number of carbonyl (C=O) groups is 2. The number of hydrogen-bond acceptors (Lipinski definition) is 6. The molecule has 0 atom stereocenters. The lowest BCUT2D eigenvalue weighted by molar-refractivity contribution is -0.123. The molecule has 6 nitrogen and oxygen atoms in total. The van der Waals surface area contributed by atoms with Crippen molar-refractivity contribution < 1.29 is 19.1 Å². The summed E-state index contributed by atoms with van der Waals surface area (Å²) >= 11 is 6.38. The van der Waals surface area contributed by atoms with Crippen LogP contribution in [0.3, 0.4) is 0 Å². The van der Waals surface area contributed by atoms with E-state index in [2.05, 4.69) is 12.0 Å². The maximum Gasteiger partial charge on any atom is 0.285 e. The van der Waals surface area contributed by atoms with Crippen molar-refractivity contribution in [2.75, 3.05) is 13.7 Å². The molecule has 2 amide bonds. The fourth-order valence-corrected chi connectivity index (χ4v) is 3.65. The molecule has 1 aliphatic rings. The first-order chi connectivity index (χ1) is 14.0. The first kappa shape index (κ1) is 20.6. The summed E-state index contributed by atoms with van der Waals surface area (Å²) in [6, 6.07) is 13.9. The Bertz CT molecular complexity index is 986. The van der Waals surface area contributed by atoms with Crippen LogP contribution in [-0.2, 0) is 4.79 Å². The Morgan fingerprint density at radius 3 is 2.69 bits per heavy atom. The van der Waals surface area contributed by atoms with Gasteiger partial charge in [-0.15, -0.1) is 0 Å². The zero-order valence-corrected chi connectivity index (χ0v) is 17.2. The van der Waals surface area contributed by atoms with Gasteiger partial charge >= 0.3 is 0 Å². The van der Waals surface area contributed by atoms with Gasteiger partial charge < -0.3 is 9.47 Å². The lowest BCUT2D eigenvalue weighted by Crippen LogP contribution is -2.44. The van der Waals surface area contributed by atoms with Crippen molar-refractivity contribution in [1.29, 1.82) is 0 Å². The average Bonchev–Trinajstić information content (AvgIpc) is 2.99. The Kier molecular flexibility index (Phi) is 6.69. The molecule has 0 aliphatic carbocycles. The van der Waals surface area contributed by atoms with Crippen molar-refractivity contribution in [2.45, 2.75) is 0 Å². The van der Waals surface area contributed by atoms with E-state index in [1.165, 1.54) is 0 Å². The summed E-state index contributed by atoms with van der Waals surface area (Å²) < 4.78 is 10.8. The molecule has 0 radical (unpaired) electrons. The highest BCUT2D eigenvalue weighted by Crippen LogP contribution is 2.32. The summed E-state index contributed by atoms with van der Waals surface area (Å²) in [5, 5.41) is 1.08. The van der Waals surface area contributed by atoms with E-state index in [4.69, 9.17) is 21.7 Å². The summed E-state index contributed by atoms with van der Waals surface area (Å²) in [6.45, 7) is 4.01. The predicted molar refractivity (Wildman–Crippen MR) is 118 cm³/mol. The molecule has 2 aromatic rings. The highest BCUT2D eigenvalue weighted by atomic mass is 32.2. The normalized spacial score (nSPS) is 14.8. The molecule has 1 aliphatic heterocycles. The number of ether oxygens (including phenoxy) is 2. The van der Waals surface area contributed by atoms with Gasteiger partial charge in [0.15, 0.2) is 4.32 Å². The fourth-order valence-electron chi connectivity index (χ4n) is 2.47. The van der Waals surface area contributed by atoms with Gasteiger partial charge in [-0.1, -0.05) is 36.5 Å². The molecule has 29 heavy (non-hydrogen) atoms. The van der Waals surface area contributed by atoms with Gasteiger partial charge in [-0.3, -0.25) is 15.0 Å². The van der Waals surface area contributed by atoms with Crippen LogP contribution in [-0.4, -0.2) is 34.9 Å². The van der Waals surface area contributed by atoms with Crippen molar-refractivity contribution in [1.82, 2.24) is 10.4 Å². The Balaban J connectivity index is 1.72. The number of nitrogens with one attached hydrogen (secondary N) is 1. The van der Waals surface area contributed by atoms with Crippen LogP contribution in [0.25, 0.3) is 6.08 Å². The van der Waals surface area contributed by atoms with Crippen LogP contribution in [0.1, 0.15) is 15.9 Å². The average molecular weight is 427 g/mol. The van der Waals surface area contributed by atoms with E-state index in [1.807, 2.05) is 24.3 Å². The minimum Gasteiger partial charge on any atom is -0.497 e. The number of methoxy groups -OCH3 is 1. The van der Waals surface area contributed by atoms with Gasteiger partial charge in [0.25, 0.3) is 11.8 Å². The molecule has 0 bridgehead atoms. The van der Waals surface area contributed by atoms with Crippen LogP contribution in [0.15, 0.2) is 66.1 Å². The first-order valence-corrected chi connectivity index (χ1v) is 9.81. The molecule has 0 saturated carbocycles. The summed E-state index contributed by atoms with van der Waals surface area (Å²) in [5.74, 6) is 0.473. The molecule has 1 saturated heterocycles. The predicted octanol–water partition coefficient (Wildman–Crippen LogP) is 3.81. The second-order valence-electron chi connectivity index (χ2n) is 5.86. The maximum atomic E-state index is 12.7. The Morgan fingerprint density at radius 1 is 1.24 bits per heavy atom. The molecule has 1 fully saturated rings. The van der Waals surface area contributed by atoms with Crippen molar-refractivity contribution in [2.24, 2.45) is 0 Å². The van der Waals surface area contributed by atoms with Gasteiger partial charge in [0.1, 0.15) is 18.1 Å². The maximum absolute atomic E-state index is 12.7. The topological polar surface area (TPSA) is 67.9 Å². The molecule has 0 unspecified atom stereocenters. The van der Waals surface area contributed by atoms with Gasteiger partial charge in [-0.2, -0.15) is 5.01 Å². The third kappa shape index (κ3) is 5.04. The van der Waals surface area contributed by atoms with E-state index in [9.17, 15) is 9.59 Å². The number of thiocarbonyl (C=S) groups is 1. The fraction of sp³-hybridized carbons (Fsp3) is 0.0952. The van der Waals surface area contributed by atoms with Crippen molar-refractivity contribution in [3.05, 3.63) is 77.2 Å². The summed E-state index contributed by atoms with van der Waals surface area (Å²) in [7, 11) is 1.54. The molecule has 3 rings (SSSR count). The minimum absolute atomic E-state index is 0.252. The molecule has 8 heteroatoms. The molecule has 1 heterocycles. The largest absolute Gasteiger partial charge is 0.497 e. The number of nitrogens with zero attached hydrogens (tertiary/aromatic N) is 1. The summed E-state index contributed by atoms with van der Waals surface area (Å²) in [6.07, 6.45) is 3.36. The van der Waals surface area contributed by atoms with E-state index in [-0.39, 0.29) is 10.2 Å². The molecular weight excluding hydrogens is 408 g/mol. The number of hydrogen-bond donors (Lipinski definition) is 1. The molecule has 0 spiro atoms. The highest BCUT2D eigenvalue weighted by molar-refractivity contribution is 8.26. The zero-order chi connectivity index (χ0) is 20.8. The van der Waals surface area contributed by atoms with E-state index in [0.717, 1.165) is 22.3 Å². The minimum atomic E-state index is -0.440. The Labute approximate surface area is 178 Å².